The minimum Gasteiger partial charge on any atom is -0.383 e. The maximum Gasteiger partial charge on any atom is 0.182 e. The van der Waals surface area contributed by atoms with Crippen molar-refractivity contribution in [3.05, 3.63) is 34.9 Å². The number of hydrogen-bond donors (Lipinski definition) is 1. The van der Waals surface area contributed by atoms with Gasteiger partial charge in [0, 0.05) is 12.0 Å². The second-order valence-electron chi connectivity index (χ2n) is 4.51. The molecule has 0 aromatic heterocycles. The standard InChI is InChI=1S/C11H15NO2S/c1-11(2)5-3-9-10(4-6-11)15(13,14)8-7-12-9/h3-6,12H,7-8H2,1-2H3. The molecule has 3 nitrogen and oxygen atoms in total. The minimum atomic E-state index is -3.08. The Bertz CT molecular complexity index is 467. The van der Waals surface area contributed by atoms with Crippen LogP contribution in [0.1, 0.15) is 13.8 Å². The quantitative estimate of drug-likeness (QED) is 0.677. The first-order valence-corrected chi connectivity index (χ1v) is 6.65. The molecular weight excluding hydrogens is 210 g/mol. The molecule has 1 N–H and O–H groups in total. The largest absolute Gasteiger partial charge is 0.383 e. The summed E-state index contributed by atoms with van der Waals surface area (Å²) in [6.45, 7) is 4.59. The van der Waals surface area contributed by atoms with Gasteiger partial charge in [-0.1, -0.05) is 26.0 Å². The van der Waals surface area contributed by atoms with Crippen LogP contribution < -0.4 is 5.32 Å². The van der Waals surface area contributed by atoms with Crippen LogP contribution in [0.2, 0.25) is 0 Å². The third-order valence-electron chi connectivity index (χ3n) is 2.63. The first kappa shape index (κ1) is 10.5. The molecule has 0 aromatic rings. The molecule has 0 bridgehead atoms. The number of hydrogen-bond acceptors (Lipinski definition) is 3. The van der Waals surface area contributed by atoms with Crippen molar-refractivity contribution < 1.29 is 8.42 Å². The van der Waals surface area contributed by atoms with E-state index in [4.69, 9.17) is 0 Å². The van der Waals surface area contributed by atoms with Crippen molar-refractivity contribution in [2.24, 2.45) is 5.41 Å². The van der Waals surface area contributed by atoms with Crippen LogP contribution >= 0.6 is 0 Å². The molecule has 0 amide bonds. The lowest BCUT2D eigenvalue weighted by Gasteiger charge is -2.17. The molecule has 1 aliphatic carbocycles. The highest BCUT2D eigenvalue weighted by Crippen LogP contribution is 2.28. The summed E-state index contributed by atoms with van der Waals surface area (Å²) in [6, 6.07) is 0. The Kier molecular flexibility index (Phi) is 2.26. The van der Waals surface area contributed by atoms with Crippen LogP contribution in [0.4, 0.5) is 0 Å². The van der Waals surface area contributed by atoms with Crippen molar-refractivity contribution in [3.8, 4) is 0 Å². The minimum absolute atomic E-state index is 0.0887. The predicted octanol–water partition coefficient (Wildman–Crippen LogP) is 1.37. The molecule has 0 unspecified atom stereocenters. The second-order valence-corrected chi connectivity index (χ2v) is 6.59. The third kappa shape index (κ3) is 2.00. The summed E-state index contributed by atoms with van der Waals surface area (Å²) in [7, 11) is -3.08. The van der Waals surface area contributed by atoms with Crippen molar-refractivity contribution in [1.82, 2.24) is 5.32 Å². The summed E-state index contributed by atoms with van der Waals surface area (Å²) < 4.78 is 23.6. The summed E-state index contributed by atoms with van der Waals surface area (Å²) in [5.41, 5.74) is 0.636. The van der Waals surface area contributed by atoms with Gasteiger partial charge < -0.3 is 5.32 Å². The lowest BCUT2D eigenvalue weighted by atomic mass is 9.93. The van der Waals surface area contributed by atoms with E-state index in [0.717, 1.165) is 5.70 Å². The Morgan fingerprint density at radius 3 is 2.67 bits per heavy atom. The van der Waals surface area contributed by atoms with E-state index in [1.54, 1.807) is 6.08 Å². The summed E-state index contributed by atoms with van der Waals surface area (Å²) in [6.07, 6.45) is 7.53. The SMILES string of the molecule is CC1(C)C=CC2=C(C=C1)S(=O)(=O)CCN2. The maximum atomic E-state index is 11.8. The zero-order valence-corrected chi connectivity index (χ0v) is 9.76. The smallest absolute Gasteiger partial charge is 0.182 e. The normalized spacial score (nSPS) is 26.8. The lowest BCUT2D eigenvalue weighted by Crippen LogP contribution is -2.30. The van der Waals surface area contributed by atoms with Crippen LogP contribution in [-0.2, 0) is 9.84 Å². The molecule has 0 saturated heterocycles. The number of nitrogens with one attached hydrogen (secondary N) is 1. The number of allylic oxidation sites excluding steroid dienone is 4. The van der Waals surface area contributed by atoms with Gasteiger partial charge in [-0.05, 0) is 12.2 Å². The van der Waals surface area contributed by atoms with E-state index in [1.807, 2.05) is 32.1 Å². The van der Waals surface area contributed by atoms with E-state index in [2.05, 4.69) is 5.32 Å². The molecule has 0 radical (unpaired) electrons. The van der Waals surface area contributed by atoms with Gasteiger partial charge in [0.15, 0.2) is 9.84 Å². The fraction of sp³-hybridized carbons (Fsp3) is 0.455. The molecule has 1 aliphatic heterocycles. The maximum absolute atomic E-state index is 11.8. The highest BCUT2D eigenvalue weighted by atomic mass is 32.2. The molecule has 0 saturated carbocycles. The monoisotopic (exact) mass is 225 g/mol. The molecule has 0 fully saturated rings. The first-order valence-electron chi connectivity index (χ1n) is 5.00. The van der Waals surface area contributed by atoms with Gasteiger partial charge in [-0.3, -0.25) is 0 Å². The van der Waals surface area contributed by atoms with Gasteiger partial charge in [0.1, 0.15) is 0 Å². The average Bonchev–Trinajstić information content (AvgIpc) is 2.26. The Morgan fingerprint density at radius 1 is 1.27 bits per heavy atom. The van der Waals surface area contributed by atoms with Crippen LogP contribution in [0.25, 0.3) is 0 Å². The fourth-order valence-corrected chi connectivity index (χ4v) is 3.00. The molecule has 0 aromatic carbocycles. The van der Waals surface area contributed by atoms with Crippen molar-refractivity contribution in [2.75, 3.05) is 12.3 Å². The molecule has 82 valence electrons. The van der Waals surface area contributed by atoms with Crippen LogP contribution in [0.15, 0.2) is 34.9 Å². The highest BCUT2D eigenvalue weighted by molar-refractivity contribution is 7.95. The number of sulfone groups is 1. The van der Waals surface area contributed by atoms with E-state index >= 15 is 0 Å². The van der Waals surface area contributed by atoms with Crippen molar-refractivity contribution in [2.45, 2.75) is 13.8 Å². The number of rotatable bonds is 0. The molecular formula is C11H15NO2S. The van der Waals surface area contributed by atoms with Gasteiger partial charge >= 0.3 is 0 Å². The van der Waals surface area contributed by atoms with Gasteiger partial charge in [0.25, 0.3) is 0 Å². The Balaban J connectivity index is 2.55. The van der Waals surface area contributed by atoms with E-state index in [-0.39, 0.29) is 11.2 Å². The molecule has 0 spiro atoms. The van der Waals surface area contributed by atoms with Crippen LogP contribution in [0.3, 0.4) is 0 Å². The molecule has 0 atom stereocenters. The highest BCUT2D eigenvalue weighted by Gasteiger charge is 2.26. The van der Waals surface area contributed by atoms with Gasteiger partial charge in [-0.25, -0.2) is 8.42 Å². The van der Waals surface area contributed by atoms with Gasteiger partial charge in [0.05, 0.1) is 16.4 Å². The summed E-state index contributed by atoms with van der Waals surface area (Å²) in [5, 5.41) is 3.12. The van der Waals surface area contributed by atoms with E-state index in [0.29, 0.717) is 11.4 Å². The summed E-state index contributed by atoms with van der Waals surface area (Å²) in [5.74, 6) is 0.185. The molecule has 4 heteroatoms. The van der Waals surface area contributed by atoms with Crippen LogP contribution in [-0.4, -0.2) is 20.7 Å². The van der Waals surface area contributed by atoms with Crippen molar-refractivity contribution in [3.63, 3.8) is 0 Å². The van der Waals surface area contributed by atoms with Crippen molar-refractivity contribution in [1.29, 1.82) is 0 Å². The fourth-order valence-electron chi connectivity index (χ4n) is 1.66. The van der Waals surface area contributed by atoms with Gasteiger partial charge in [-0.15, -0.1) is 0 Å². The van der Waals surface area contributed by atoms with Crippen LogP contribution in [0, 0.1) is 5.41 Å². The third-order valence-corrected chi connectivity index (χ3v) is 4.40. The summed E-state index contributed by atoms with van der Waals surface area (Å²) >= 11 is 0. The van der Waals surface area contributed by atoms with E-state index in [1.165, 1.54) is 0 Å². The molecule has 2 rings (SSSR count). The van der Waals surface area contributed by atoms with E-state index in [9.17, 15) is 8.42 Å². The summed E-state index contributed by atoms with van der Waals surface area (Å²) in [4.78, 5) is 0.426. The molecule has 1 heterocycles. The zero-order valence-electron chi connectivity index (χ0n) is 8.95. The lowest BCUT2D eigenvalue weighted by molar-refractivity contribution is 0.596. The zero-order chi connectivity index (χ0) is 11.1. The Hall–Kier alpha value is -1.03. The van der Waals surface area contributed by atoms with Crippen LogP contribution in [0.5, 0.6) is 0 Å². The topological polar surface area (TPSA) is 46.2 Å². The van der Waals surface area contributed by atoms with Gasteiger partial charge in [0.2, 0.25) is 0 Å². The van der Waals surface area contributed by atoms with Gasteiger partial charge in [-0.2, -0.15) is 0 Å². The predicted molar refractivity (Wildman–Crippen MR) is 60.9 cm³/mol. The Labute approximate surface area is 90.5 Å². The molecule has 15 heavy (non-hydrogen) atoms. The molecule has 2 aliphatic rings. The first-order chi connectivity index (χ1) is 6.91. The average molecular weight is 225 g/mol. The van der Waals surface area contributed by atoms with E-state index < -0.39 is 9.84 Å². The Morgan fingerprint density at radius 2 is 1.93 bits per heavy atom. The second kappa shape index (κ2) is 3.23. The van der Waals surface area contributed by atoms with Crippen molar-refractivity contribution >= 4 is 9.84 Å².